The summed E-state index contributed by atoms with van der Waals surface area (Å²) < 4.78 is 0. The first-order chi connectivity index (χ1) is 14.1. The van der Waals surface area contributed by atoms with E-state index in [0.29, 0.717) is 12.7 Å². The van der Waals surface area contributed by atoms with Gasteiger partial charge < -0.3 is 25.6 Å². The summed E-state index contributed by atoms with van der Waals surface area (Å²) in [6, 6.07) is 7.55. The molecule has 0 bridgehead atoms. The number of carbonyl (C=O) groups excluding carboxylic acids is 3. The van der Waals surface area contributed by atoms with Crippen molar-refractivity contribution in [3.05, 3.63) is 35.9 Å². The number of rotatable bonds is 13. The number of amides is 2. The standard InChI is InChI=1S/C21H28N2O7/c1-13(2)18(23-17(25)10-6-9-16(20(27)28)21(29)30)19(26)22-15(12-24)11-14-7-4-3-5-8-14/h3-5,7-8,12-13,15-16,18H,6,9-11H2,1-2H3,(H,22,26)(H,23,25)(H,27,28)(H,29,30)/t15?,18-/m0/s1. The Labute approximate surface area is 174 Å². The van der Waals surface area contributed by atoms with Gasteiger partial charge in [-0.05, 0) is 30.7 Å². The second kappa shape index (κ2) is 12.4. The molecular weight excluding hydrogens is 392 g/mol. The summed E-state index contributed by atoms with van der Waals surface area (Å²) in [5, 5.41) is 22.9. The summed E-state index contributed by atoms with van der Waals surface area (Å²) in [6.07, 6.45) is 0.699. The number of aliphatic carboxylic acids is 2. The lowest BCUT2D eigenvalue weighted by molar-refractivity contribution is -0.155. The molecule has 2 amide bonds. The Balaban J connectivity index is 2.61. The number of aldehydes is 1. The maximum Gasteiger partial charge on any atom is 0.317 e. The van der Waals surface area contributed by atoms with Crippen LogP contribution in [0.4, 0.5) is 0 Å². The number of carbonyl (C=O) groups is 5. The Morgan fingerprint density at radius 3 is 2.10 bits per heavy atom. The fourth-order valence-electron chi connectivity index (χ4n) is 2.87. The van der Waals surface area contributed by atoms with E-state index in [1.54, 1.807) is 13.8 Å². The highest BCUT2D eigenvalue weighted by molar-refractivity contribution is 5.93. The molecule has 4 N–H and O–H groups in total. The Morgan fingerprint density at radius 1 is 1.00 bits per heavy atom. The van der Waals surface area contributed by atoms with Crippen molar-refractivity contribution < 1.29 is 34.2 Å². The van der Waals surface area contributed by atoms with Crippen LogP contribution >= 0.6 is 0 Å². The van der Waals surface area contributed by atoms with E-state index >= 15 is 0 Å². The largest absolute Gasteiger partial charge is 0.481 e. The number of hydrogen-bond donors (Lipinski definition) is 4. The minimum atomic E-state index is -1.58. The van der Waals surface area contributed by atoms with E-state index in [1.165, 1.54) is 0 Å². The fourth-order valence-corrected chi connectivity index (χ4v) is 2.87. The molecule has 0 aliphatic rings. The summed E-state index contributed by atoms with van der Waals surface area (Å²) >= 11 is 0. The van der Waals surface area contributed by atoms with Gasteiger partial charge in [0, 0.05) is 6.42 Å². The van der Waals surface area contributed by atoms with Crippen LogP contribution in [-0.4, -0.2) is 52.3 Å². The number of carboxylic acids is 2. The molecule has 0 aromatic heterocycles. The third kappa shape index (κ3) is 8.42. The highest BCUT2D eigenvalue weighted by atomic mass is 16.4. The van der Waals surface area contributed by atoms with Gasteiger partial charge in [-0.1, -0.05) is 44.2 Å². The number of carboxylic acid groups (broad SMARTS) is 2. The number of nitrogens with one attached hydrogen (secondary N) is 2. The molecule has 0 aliphatic heterocycles. The zero-order valence-electron chi connectivity index (χ0n) is 17.0. The normalized spacial score (nSPS) is 12.8. The molecule has 30 heavy (non-hydrogen) atoms. The quantitative estimate of drug-likeness (QED) is 0.275. The van der Waals surface area contributed by atoms with Crippen LogP contribution in [0.3, 0.4) is 0 Å². The van der Waals surface area contributed by atoms with Gasteiger partial charge in [-0.15, -0.1) is 0 Å². The monoisotopic (exact) mass is 420 g/mol. The second-order valence-corrected chi connectivity index (χ2v) is 7.35. The van der Waals surface area contributed by atoms with Crippen LogP contribution in [0.15, 0.2) is 30.3 Å². The van der Waals surface area contributed by atoms with Crippen molar-refractivity contribution in [2.45, 2.75) is 51.6 Å². The minimum Gasteiger partial charge on any atom is -0.481 e. The van der Waals surface area contributed by atoms with Crippen molar-refractivity contribution in [1.29, 1.82) is 0 Å². The molecule has 1 aromatic carbocycles. The number of benzene rings is 1. The molecule has 0 heterocycles. The highest BCUT2D eigenvalue weighted by Crippen LogP contribution is 2.11. The predicted molar refractivity (Wildman–Crippen MR) is 108 cm³/mol. The van der Waals surface area contributed by atoms with E-state index in [1.807, 2.05) is 30.3 Å². The van der Waals surface area contributed by atoms with E-state index in [-0.39, 0.29) is 25.2 Å². The molecule has 164 valence electrons. The Kier molecular flexibility index (Phi) is 10.2. The van der Waals surface area contributed by atoms with Crippen LogP contribution in [-0.2, 0) is 30.4 Å². The lowest BCUT2D eigenvalue weighted by atomic mass is 10.00. The van der Waals surface area contributed by atoms with Gasteiger partial charge in [-0.2, -0.15) is 0 Å². The molecule has 0 saturated carbocycles. The van der Waals surface area contributed by atoms with E-state index in [4.69, 9.17) is 10.2 Å². The van der Waals surface area contributed by atoms with Crippen molar-refractivity contribution in [2.75, 3.05) is 0 Å². The summed E-state index contributed by atoms with van der Waals surface area (Å²) in [5.74, 6) is -5.75. The van der Waals surface area contributed by atoms with Gasteiger partial charge in [0.25, 0.3) is 0 Å². The molecule has 1 aromatic rings. The predicted octanol–water partition coefficient (Wildman–Crippen LogP) is 1.01. The third-order valence-electron chi connectivity index (χ3n) is 4.55. The van der Waals surface area contributed by atoms with E-state index < -0.39 is 41.8 Å². The Morgan fingerprint density at radius 2 is 1.60 bits per heavy atom. The fraction of sp³-hybridized carbons (Fsp3) is 0.476. The van der Waals surface area contributed by atoms with Gasteiger partial charge in [0.2, 0.25) is 11.8 Å². The maximum absolute atomic E-state index is 12.6. The Bertz CT molecular complexity index is 735. The maximum atomic E-state index is 12.6. The van der Waals surface area contributed by atoms with Crippen LogP contribution in [0.25, 0.3) is 0 Å². The summed E-state index contributed by atoms with van der Waals surface area (Å²) in [5.41, 5.74) is 0.881. The molecule has 0 saturated heterocycles. The van der Waals surface area contributed by atoms with Gasteiger partial charge in [0.15, 0.2) is 5.92 Å². The minimum absolute atomic E-state index is 0.0481. The van der Waals surface area contributed by atoms with Crippen LogP contribution in [0.5, 0.6) is 0 Å². The average Bonchev–Trinajstić information content (AvgIpc) is 2.68. The van der Waals surface area contributed by atoms with Crippen molar-refractivity contribution in [3.8, 4) is 0 Å². The zero-order chi connectivity index (χ0) is 22.7. The number of hydrogen-bond acceptors (Lipinski definition) is 5. The van der Waals surface area contributed by atoms with Crippen molar-refractivity contribution in [3.63, 3.8) is 0 Å². The average molecular weight is 420 g/mol. The first-order valence-corrected chi connectivity index (χ1v) is 9.70. The molecule has 2 atom stereocenters. The van der Waals surface area contributed by atoms with Crippen LogP contribution < -0.4 is 10.6 Å². The molecule has 1 rings (SSSR count). The highest BCUT2D eigenvalue weighted by Gasteiger charge is 2.28. The topological polar surface area (TPSA) is 150 Å². The summed E-state index contributed by atoms with van der Waals surface area (Å²) in [6.45, 7) is 3.48. The Hall–Kier alpha value is -3.23. The molecule has 0 spiro atoms. The molecule has 9 heteroatoms. The summed E-state index contributed by atoms with van der Waals surface area (Å²) in [7, 11) is 0. The SMILES string of the molecule is CC(C)[C@H](NC(=O)CCCC(C(=O)O)C(=O)O)C(=O)NC(C=O)Cc1ccccc1. The van der Waals surface area contributed by atoms with Gasteiger partial charge in [0.1, 0.15) is 12.3 Å². The molecule has 1 unspecified atom stereocenters. The third-order valence-corrected chi connectivity index (χ3v) is 4.55. The van der Waals surface area contributed by atoms with Gasteiger partial charge in [0.05, 0.1) is 6.04 Å². The lowest BCUT2D eigenvalue weighted by Crippen LogP contribution is -2.52. The van der Waals surface area contributed by atoms with E-state index in [2.05, 4.69) is 10.6 Å². The zero-order valence-corrected chi connectivity index (χ0v) is 17.0. The molecule has 0 radical (unpaired) electrons. The first-order valence-electron chi connectivity index (χ1n) is 9.70. The van der Waals surface area contributed by atoms with Crippen molar-refractivity contribution >= 4 is 30.0 Å². The van der Waals surface area contributed by atoms with Crippen LogP contribution in [0.1, 0.15) is 38.7 Å². The van der Waals surface area contributed by atoms with Gasteiger partial charge >= 0.3 is 11.9 Å². The van der Waals surface area contributed by atoms with Crippen LogP contribution in [0, 0.1) is 11.8 Å². The molecule has 0 aliphatic carbocycles. The first kappa shape index (κ1) is 24.8. The van der Waals surface area contributed by atoms with Gasteiger partial charge in [-0.25, -0.2) is 0 Å². The van der Waals surface area contributed by atoms with E-state index in [9.17, 15) is 24.0 Å². The lowest BCUT2D eigenvalue weighted by Gasteiger charge is -2.24. The van der Waals surface area contributed by atoms with Gasteiger partial charge in [-0.3, -0.25) is 19.2 Å². The van der Waals surface area contributed by atoms with Crippen LogP contribution in [0.2, 0.25) is 0 Å². The second-order valence-electron chi connectivity index (χ2n) is 7.35. The van der Waals surface area contributed by atoms with Crippen molar-refractivity contribution in [2.24, 2.45) is 11.8 Å². The molecule has 0 fully saturated rings. The molecule has 9 nitrogen and oxygen atoms in total. The molecular formula is C21H28N2O7. The van der Waals surface area contributed by atoms with E-state index in [0.717, 1.165) is 5.56 Å². The smallest absolute Gasteiger partial charge is 0.317 e. The van der Waals surface area contributed by atoms with Crippen molar-refractivity contribution in [1.82, 2.24) is 10.6 Å². The summed E-state index contributed by atoms with van der Waals surface area (Å²) in [4.78, 5) is 57.9.